The van der Waals surface area contributed by atoms with E-state index in [2.05, 4.69) is 0 Å². The van der Waals surface area contributed by atoms with E-state index in [9.17, 15) is 9.59 Å². The average molecular weight is 246 g/mol. The predicted octanol–water partition coefficient (Wildman–Crippen LogP) is 0.845. The number of amides is 1. The number of anilines is 1. The van der Waals surface area contributed by atoms with Crippen molar-refractivity contribution in [3.05, 3.63) is 29.3 Å². The van der Waals surface area contributed by atoms with Crippen LogP contribution < -0.4 is 5.73 Å². The molecule has 2 heterocycles. The number of nitrogen functional groups attached to an aromatic ring is 1. The highest BCUT2D eigenvalue weighted by Gasteiger charge is 2.44. The van der Waals surface area contributed by atoms with Crippen LogP contribution in [0, 0.1) is 5.92 Å². The Morgan fingerprint density at radius 1 is 1.39 bits per heavy atom. The van der Waals surface area contributed by atoms with Gasteiger partial charge in [-0.25, -0.2) is 0 Å². The van der Waals surface area contributed by atoms with Gasteiger partial charge in [-0.05, 0) is 23.3 Å². The van der Waals surface area contributed by atoms with Crippen molar-refractivity contribution in [2.75, 3.05) is 12.8 Å². The largest absolute Gasteiger partial charge is 0.457 e. The summed E-state index contributed by atoms with van der Waals surface area (Å²) in [6.07, 6.45) is -0.289. The third kappa shape index (κ3) is 1.54. The standard InChI is InChI=1S/C13H14N2O3/c1-15-6-7-4-8(14)2-3-9(7)12-10(13(15)17)5-11(16)18-12/h2-4,10,12H,5-6,14H2,1H3/t10-,12+/m1/s1. The molecule has 1 saturated heterocycles. The van der Waals surface area contributed by atoms with Gasteiger partial charge in [0.1, 0.15) is 6.10 Å². The maximum absolute atomic E-state index is 12.2. The van der Waals surface area contributed by atoms with Gasteiger partial charge in [0.15, 0.2) is 0 Å². The minimum Gasteiger partial charge on any atom is -0.457 e. The minimum atomic E-state index is -0.453. The fraction of sp³-hybridized carbons (Fsp3) is 0.385. The topological polar surface area (TPSA) is 72.6 Å². The van der Waals surface area contributed by atoms with Crippen molar-refractivity contribution in [3.63, 3.8) is 0 Å². The van der Waals surface area contributed by atoms with Gasteiger partial charge < -0.3 is 15.4 Å². The van der Waals surface area contributed by atoms with E-state index in [0.29, 0.717) is 12.2 Å². The van der Waals surface area contributed by atoms with Crippen molar-refractivity contribution in [2.24, 2.45) is 5.92 Å². The molecule has 1 aromatic rings. The van der Waals surface area contributed by atoms with Crippen molar-refractivity contribution in [1.29, 1.82) is 0 Å². The van der Waals surface area contributed by atoms with Gasteiger partial charge >= 0.3 is 5.97 Å². The van der Waals surface area contributed by atoms with Gasteiger partial charge in [-0.3, -0.25) is 9.59 Å². The lowest BCUT2D eigenvalue weighted by molar-refractivity contribution is -0.142. The van der Waals surface area contributed by atoms with Crippen molar-refractivity contribution in [3.8, 4) is 0 Å². The number of benzene rings is 1. The number of nitrogens with zero attached hydrogens (tertiary/aromatic N) is 1. The lowest BCUT2D eigenvalue weighted by Crippen LogP contribution is -2.31. The molecule has 3 rings (SSSR count). The molecule has 1 aromatic carbocycles. The van der Waals surface area contributed by atoms with E-state index in [1.165, 1.54) is 0 Å². The quantitative estimate of drug-likeness (QED) is 0.544. The van der Waals surface area contributed by atoms with Crippen LogP contribution in [-0.2, 0) is 20.9 Å². The van der Waals surface area contributed by atoms with Crippen molar-refractivity contribution in [2.45, 2.75) is 19.1 Å². The molecule has 94 valence electrons. The molecule has 5 heteroatoms. The Labute approximate surface area is 105 Å². The Balaban J connectivity index is 2.13. The van der Waals surface area contributed by atoms with Crippen LogP contribution in [0.4, 0.5) is 5.69 Å². The minimum absolute atomic E-state index is 0.0411. The average Bonchev–Trinajstić information content (AvgIpc) is 2.66. The van der Waals surface area contributed by atoms with Crippen LogP contribution >= 0.6 is 0 Å². The Morgan fingerprint density at radius 2 is 2.17 bits per heavy atom. The summed E-state index contributed by atoms with van der Waals surface area (Å²) in [5, 5.41) is 0. The summed E-state index contributed by atoms with van der Waals surface area (Å²) in [7, 11) is 1.74. The number of fused-ring (bicyclic) bond motifs is 3. The van der Waals surface area contributed by atoms with E-state index in [4.69, 9.17) is 10.5 Å². The first-order valence-corrected chi connectivity index (χ1v) is 5.89. The molecular weight excluding hydrogens is 232 g/mol. The van der Waals surface area contributed by atoms with Crippen LogP contribution in [0.25, 0.3) is 0 Å². The second-order valence-corrected chi connectivity index (χ2v) is 4.87. The van der Waals surface area contributed by atoms with Gasteiger partial charge in [0, 0.05) is 19.3 Å². The van der Waals surface area contributed by atoms with E-state index < -0.39 is 12.0 Å². The molecule has 1 fully saturated rings. The molecule has 0 spiro atoms. The molecule has 0 unspecified atom stereocenters. The molecule has 0 aromatic heterocycles. The normalized spacial score (nSPS) is 26.4. The zero-order valence-corrected chi connectivity index (χ0v) is 10.1. The van der Waals surface area contributed by atoms with E-state index in [-0.39, 0.29) is 18.3 Å². The highest BCUT2D eigenvalue weighted by atomic mass is 16.6. The van der Waals surface area contributed by atoms with Gasteiger partial charge in [0.05, 0.1) is 12.3 Å². The first-order chi connectivity index (χ1) is 8.56. The molecule has 18 heavy (non-hydrogen) atoms. The molecular formula is C13H14N2O3. The van der Waals surface area contributed by atoms with Crippen LogP contribution in [-0.4, -0.2) is 23.8 Å². The van der Waals surface area contributed by atoms with E-state index in [1.807, 2.05) is 12.1 Å². The van der Waals surface area contributed by atoms with Crippen molar-refractivity contribution < 1.29 is 14.3 Å². The second-order valence-electron chi connectivity index (χ2n) is 4.87. The number of nitrogens with two attached hydrogens (primary N) is 1. The fourth-order valence-electron chi connectivity index (χ4n) is 2.71. The Bertz CT molecular complexity index is 541. The van der Waals surface area contributed by atoms with Crippen molar-refractivity contribution >= 4 is 17.6 Å². The molecule has 2 aliphatic rings. The molecule has 5 nitrogen and oxygen atoms in total. The number of hydrogen-bond donors (Lipinski definition) is 1. The summed E-state index contributed by atoms with van der Waals surface area (Å²) >= 11 is 0. The molecule has 0 radical (unpaired) electrons. The summed E-state index contributed by atoms with van der Waals surface area (Å²) in [6.45, 7) is 0.504. The molecule has 2 N–H and O–H groups in total. The van der Waals surface area contributed by atoms with Crippen LogP contribution in [0.15, 0.2) is 18.2 Å². The smallest absolute Gasteiger partial charge is 0.307 e. The maximum atomic E-state index is 12.2. The first-order valence-electron chi connectivity index (χ1n) is 5.89. The monoisotopic (exact) mass is 246 g/mol. The lowest BCUT2D eigenvalue weighted by atomic mass is 9.93. The summed E-state index contributed by atoms with van der Waals surface area (Å²) in [4.78, 5) is 25.3. The van der Waals surface area contributed by atoms with Crippen LogP contribution in [0.5, 0.6) is 0 Å². The number of rotatable bonds is 0. The SMILES string of the molecule is CN1Cc2cc(N)ccc2[C@@H]2OC(=O)C[C@H]2C1=O. The molecule has 2 atom stereocenters. The van der Waals surface area contributed by atoms with Crippen molar-refractivity contribution in [1.82, 2.24) is 4.90 Å². The number of carbonyl (C=O) groups is 2. The van der Waals surface area contributed by atoms with Crippen LogP contribution in [0.3, 0.4) is 0 Å². The first kappa shape index (κ1) is 11.1. The molecule has 0 aliphatic carbocycles. The van der Waals surface area contributed by atoms with E-state index in [0.717, 1.165) is 11.1 Å². The summed E-state index contributed by atoms with van der Waals surface area (Å²) in [6, 6.07) is 5.47. The van der Waals surface area contributed by atoms with E-state index in [1.54, 1.807) is 18.0 Å². The lowest BCUT2D eigenvalue weighted by Gasteiger charge is -2.17. The van der Waals surface area contributed by atoms with Gasteiger partial charge in [0.2, 0.25) is 5.91 Å². The van der Waals surface area contributed by atoms with E-state index >= 15 is 0 Å². The highest BCUT2D eigenvalue weighted by Crippen LogP contribution is 2.40. The maximum Gasteiger partial charge on any atom is 0.307 e. The number of carbonyl (C=O) groups excluding carboxylic acids is 2. The molecule has 0 bridgehead atoms. The zero-order chi connectivity index (χ0) is 12.9. The molecule has 1 amide bonds. The fourth-order valence-corrected chi connectivity index (χ4v) is 2.71. The third-order valence-electron chi connectivity index (χ3n) is 3.58. The summed E-state index contributed by atoms with van der Waals surface area (Å²) < 4.78 is 5.30. The molecule has 2 aliphatic heterocycles. The summed E-state index contributed by atoms with van der Waals surface area (Å²) in [5.41, 5.74) is 8.27. The van der Waals surface area contributed by atoms with Gasteiger partial charge in [-0.2, -0.15) is 0 Å². The van der Waals surface area contributed by atoms with Gasteiger partial charge in [-0.15, -0.1) is 0 Å². The third-order valence-corrected chi connectivity index (χ3v) is 3.58. The Kier molecular flexibility index (Phi) is 2.29. The highest BCUT2D eigenvalue weighted by molar-refractivity contribution is 5.87. The Hall–Kier alpha value is -2.04. The number of hydrogen-bond acceptors (Lipinski definition) is 4. The van der Waals surface area contributed by atoms with Crippen LogP contribution in [0.1, 0.15) is 23.7 Å². The zero-order valence-electron chi connectivity index (χ0n) is 10.1. The van der Waals surface area contributed by atoms with Crippen LogP contribution in [0.2, 0.25) is 0 Å². The second kappa shape index (κ2) is 3.73. The number of esters is 1. The Morgan fingerprint density at radius 3 is 2.94 bits per heavy atom. The summed E-state index contributed by atoms with van der Waals surface area (Å²) in [5.74, 6) is -0.746. The number of ether oxygens (including phenoxy) is 1. The predicted molar refractivity (Wildman–Crippen MR) is 64.3 cm³/mol. The van der Waals surface area contributed by atoms with Gasteiger partial charge in [0.25, 0.3) is 0 Å². The van der Waals surface area contributed by atoms with Gasteiger partial charge in [-0.1, -0.05) is 6.07 Å². The molecule has 0 saturated carbocycles.